The second-order valence-electron chi connectivity index (χ2n) is 10.7. The zero-order valence-corrected chi connectivity index (χ0v) is 21.5. The summed E-state index contributed by atoms with van der Waals surface area (Å²) >= 11 is 12.3. The molecule has 2 aliphatic heterocycles. The number of rotatable bonds is 3. The molecule has 0 amide bonds. The van der Waals surface area contributed by atoms with Gasteiger partial charge in [-0.2, -0.15) is 0 Å². The van der Waals surface area contributed by atoms with Gasteiger partial charge >= 0.3 is 5.97 Å². The maximum atomic E-state index is 13.8. The topological polar surface area (TPSA) is 52.6 Å². The lowest BCUT2D eigenvalue weighted by atomic mass is 9.80. The number of Topliss-reactive ketones (excluding diaryl/α,β-unsaturated/α-hetero) is 1. The van der Waals surface area contributed by atoms with E-state index in [0.29, 0.717) is 21.4 Å². The summed E-state index contributed by atoms with van der Waals surface area (Å²) in [6.45, 7) is 9.45. The molecule has 2 aromatic carbocycles. The van der Waals surface area contributed by atoms with E-state index in [0.717, 1.165) is 40.7 Å². The van der Waals surface area contributed by atoms with Crippen LogP contribution in [0.15, 0.2) is 36.1 Å². The van der Waals surface area contributed by atoms with Crippen LogP contribution in [0.1, 0.15) is 50.3 Å². The second-order valence-corrected chi connectivity index (χ2v) is 11.5. The molecule has 2 bridgehead atoms. The molecule has 2 heterocycles. The lowest BCUT2D eigenvalue weighted by Crippen LogP contribution is -2.31. The van der Waals surface area contributed by atoms with Crippen LogP contribution < -0.4 is 0 Å². The van der Waals surface area contributed by atoms with Gasteiger partial charge in [-0.1, -0.05) is 41.4 Å². The minimum Gasteiger partial charge on any atom is -0.429 e. The first kappa shape index (κ1) is 23.6. The van der Waals surface area contributed by atoms with Crippen LogP contribution in [0.4, 0.5) is 0 Å². The van der Waals surface area contributed by atoms with Crippen molar-refractivity contribution in [3.63, 3.8) is 0 Å². The Morgan fingerprint density at radius 3 is 2.15 bits per heavy atom. The molecule has 4 nitrogen and oxygen atoms in total. The van der Waals surface area contributed by atoms with Gasteiger partial charge in [0.25, 0.3) is 0 Å². The number of hydrogen-bond acceptors (Lipinski definition) is 4. The summed E-state index contributed by atoms with van der Waals surface area (Å²) in [5.74, 6) is -0.275. The molecular weight excluding hydrogens is 471 g/mol. The van der Waals surface area contributed by atoms with Crippen LogP contribution in [0.2, 0.25) is 10.0 Å². The van der Waals surface area contributed by atoms with Crippen LogP contribution in [0.5, 0.6) is 0 Å². The highest BCUT2D eigenvalue weighted by atomic mass is 35.5. The third kappa shape index (κ3) is 3.71. The number of carbonyl (C=O) groups is 2. The SMILES string of the molecule is Cc1cc(-c2ccc(Cl)c(Cl)c2)cc(C)c1C1=C(OC(=O)C(C)(C)C)[C@H]2[C@@H](C1=O)[C@@H]1CC[C@H]2O1. The Labute approximate surface area is 210 Å². The van der Waals surface area contributed by atoms with E-state index in [9.17, 15) is 9.59 Å². The first-order valence-corrected chi connectivity index (χ1v) is 12.5. The average molecular weight is 499 g/mol. The summed E-state index contributed by atoms with van der Waals surface area (Å²) in [6.07, 6.45) is 1.59. The second kappa shape index (κ2) is 8.22. The Bertz CT molecular complexity index is 1230. The van der Waals surface area contributed by atoms with Gasteiger partial charge in [-0.05, 0) is 87.4 Å². The normalized spacial score (nSPS) is 25.8. The molecule has 5 rings (SSSR count). The van der Waals surface area contributed by atoms with Gasteiger partial charge < -0.3 is 9.47 Å². The number of ketones is 1. The third-order valence-corrected chi connectivity index (χ3v) is 7.96. The van der Waals surface area contributed by atoms with Crippen molar-refractivity contribution < 1.29 is 19.1 Å². The maximum absolute atomic E-state index is 13.8. The maximum Gasteiger partial charge on any atom is 0.316 e. The van der Waals surface area contributed by atoms with Gasteiger partial charge in [0.15, 0.2) is 5.78 Å². The van der Waals surface area contributed by atoms with Crippen molar-refractivity contribution in [2.45, 2.75) is 59.7 Å². The molecule has 0 aromatic heterocycles. The summed E-state index contributed by atoms with van der Waals surface area (Å²) < 4.78 is 12.1. The van der Waals surface area contributed by atoms with Crippen LogP contribution in [-0.2, 0) is 19.1 Å². The molecule has 34 heavy (non-hydrogen) atoms. The summed E-state index contributed by atoms with van der Waals surface area (Å²) in [7, 11) is 0. The number of carbonyl (C=O) groups excluding carboxylic acids is 2. The molecule has 0 unspecified atom stereocenters. The lowest BCUT2D eigenvalue weighted by molar-refractivity contribution is -0.149. The number of allylic oxidation sites excluding steroid dienone is 1. The fraction of sp³-hybridized carbons (Fsp3) is 0.429. The highest BCUT2D eigenvalue weighted by Gasteiger charge is 2.60. The number of hydrogen-bond donors (Lipinski definition) is 0. The van der Waals surface area contributed by atoms with Crippen molar-refractivity contribution in [2.24, 2.45) is 17.3 Å². The molecular formula is C28H28Cl2O4. The summed E-state index contributed by atoms with van der Waals surface area (Å²) in [5, 5.41) is 0.998. The first-order chi connectivity index (χ1) is 16.0. The summed E-state index contributed by atoms with van der Waals surface area (Å²) in [6, 6.07) is 9.64. The summed E-state index contributed by atoms with van der Waals surface area (Å²) in [4.78, 5) is 26.7. The van der Waals surface area contributed by atoms with Crippen molar-refractivity contribution in [1.82, 2.24) is 0 Å². The quantitative estimate of drug-likeness (QED) is 0.429. The average Bonchev–Trinajstić information content (AvgIpc) is 3.43. The Balaban J connectivity index is 1.64. The van der Waals surface area contributed by atoms with Gasteiger partial charge in [0.1, 0.15) is 5.76 Å². The van der Waals surface area contributed by atoms with Crippen LogP contribution in [-0.4, -0.2) is 24.0 Å². The number of halogens is 2. The Morgan fingerprint density at radius 2 is 1.56 bits per heavy atom. The summed E-state index contributed by atoms with van der Waals surface area (Å²) in [5.41, 5.74) is 4.54. The minimum absolute atomic E-state index is 0.0300. The van der Waals surface area contributed by atoms with E-state index >= 15 is 0 Å². The number of benzene rings is 2. The Morgan fingerprint density at radius 1 is 0.941 bits per heavy atom. The molecule has 6 heteroatoms. The molecule has 0 saturated carbocycles. The molecule has 2 aromatic rings. The number of aryl methyl sites for hydroxylation is 2. The van der Waals surface area contributed by atoms with Crippen molar-refractivity contribution in [1.29, 1.82) is 0 Å². The predicted molar refractivity (Wildman–Crippen MR) is 134 cm³/mol. The highest BCUT2D eigenvalue weighted by molar-refractivity contribution is 6.42. The largest absolute Gasteiger partial charge is 0.429 e. The Hall–Kier alpha value is -2.14. The van der Waals surface area contributed by atoms with Gasteiger partial charge in [0.05, 0.1) is 45.1 Å². The molecule has 0 N–H and O–H groups in total. The van der Waals surface area contributed by atoms with Crippen molar-refractivity contribution in [3.8, 4) is 11.1 Å². The van der Waals surface area contributed by atoms with E-state index in [1.165, 1.54) is 0 Å². The van der Waals surface area contributed by atoms with Crippen molar-refractivity contribution >= 4 is 40.5 Å². The molecule has 0 spiro atoms. The van der Waals surface area contributed by atoms with Crippen molar-refractivity contribution in [2.75, 3.05) is 0 Å². The van der Waals surface area contributed by atoms with Crippen LogP contribution in [0.3, 0.4) is 0 Å². The lowest BCUT2D eigenvalue weighted by Gasteiger charge is -2.24. The van der Waals surface area contributed by atoms with E-state index in [-0.39, 0.29) is 35.8 Å². The molecule has 178 valence electrons. The molecule has 0 radical (unpaired) electrons. The third-order valence-electron chi connectivity index (χ3n) is 7.22. The zero-order valence-electron chi connectivity index (χ0n) is 20.0. The van der Waals surface area contributed by atoms with E-state index in [1.54, 1.807) is 6.07 Å². The fourth-order valence-corrected chi connectivity index (χ4v) is 5.92. The van der Waals surface area contributed by atoms with E-state index in [4.69, 9.17) is 32.7 Å². The smallest absolute Gasteiger partial charge is 0.316 e. The predicted octanol–water partition coefficient (Wildman–Crippen LogP) is 6.95. The molecule has 3 aliphatic rings. The molecule has 2 fully saturated rings. The van der Waals surface area contributed by atoms with Crippen LogP contribution in [0, 0.1) is 31.1 Å². The van der Waals surface area contributed by atoms with Crippen LogP contribution in [0.25, 0.3) is 16.7 Å². The Kier molecular flexibility index (Phi) is 5.70. The van der Waals surface area contributed by atoms with Crippen LogP contribution >= 0.6 is 23.2 Å². The van der Waals surface area contributed by atoms with Gasteiger partial charge in [0, 0.05) is 0 Å². The van der Waals surface area contributed by atoms with Crippen molar-refractivity contribution in [3.05, 3.63) is 62.8 Å². The number of esters is 1. The molecule has 4 atom stereocenters. The standard InChI is InChI=1S/C28H28Cl2O4/c1-13-10-16(15-6-7-17(29)18(30)12-15)11-14(2)21(13)24-25(31)22-19-8-9-20(33-19)23(22)26(24)34-27(32)28(3,4)5/h6-7,10-12,19-20,22-23H,8-9H2,1-5H3/t19-,20+,22-,23+/m0/s1. The monoisotopic (exact) mass is 498 g/mol. The number of fused-ring (bicyclic) bond motifs is 5. The van der Waals surface area contributed by atoms with Gasteiger partial charge in [-0.15, -0.1) is 0 Å². The van der Waals surface area contributed by atoms with E-state index in [1.807, 2.05) is 58.9 Å². The minimum atomic E-state index is -0.681. The van der Waals surface area contributed by atoms with E-state index < -0.39 is 5.41 Å². The number of ether oxygens (including phenoxy) is 2. The van der Waals surface area contributed by atoms with Gasteiger partial charge in [0.2, 0.25) is 0 Å². The fourth-order valence-electron chi connectivity index (χ4n) is 5.62. The highest BCUT2D eigenvalue weighted by Crippen LogP contribution is 2.55. The van der Waals surface area contributed by atoms with Gasteiger partial charge in [-0.25, -0.2) is 0 Å². The molecule has 1 aliphatic carbocycles. The zero-order chi connectivity index (χ0) is 24.5. The molecule has 2 saturated heterocycles. The van der Waals surface area contributed by atoms with Gasteiger partial charge in [-0.3, -0.25) is 9.59 Å². The first-order valence-electron chi connectivity index (χ1n) is 11.7. The van der Waals surface area contributed by atoms with E-state index in [2.05, 4.69) is 0 Å².